The molecule has 1 aliphatic carbocycles. The molecule has 22 heavy (non-hydrogen) atoms. The molecule has 0 saturated heterocycles. The van der Waals surface area contributed by atoms with Crippen molar-refractivity contribution in [2.45, 2.75) is 52.5 Å². The lowest BCUT2D eigenvalue weighted by Crippen LogP contribution is -2.42. The van der Waals surface area contributed by atoms with Gasteiger partial charge in [-0.25, -0.2) is 4.79 Å². The van der Waals surface area contributed by atoms with Crippen LogP contribution in [0.5, 0.6) is 0 Å². The maximum absolute atomic E-state index is 13.0. The van der Waals surface area contributed by atoms with E-state index in [0.29, 0.717) is 11.6 Å². The lowest BCUT2D eigenvalue weighted by molar-refractivity contribution is -0.123. The van der Waals surface area contributed by atoms with E-state index in [1.807, 2.05) is 13.8 Å². The molecule has 1 fully saturated rings. The Morgan fingerprint density at radius 2 is 1.91 bits per heavy atom. The molecule has 122 valence electrons. The van der Waals surface area contributed by atoms with Gasteiger partial charge in [0.15, 0.2) is 0 Å². The predicted octanol–water partition coefficient (Wildman–Crippen LogP) is 4.78. The second-order valence-electron chi connectivity index (χ2n) is 6.33. The third-order valence-corrected chi connectivity index (χ3v) is 5.87. The van der Waals surface area contributed by atoms with Crippen LogP contribution < -0.4 is 4.90 Å². The number of carboxylic acid groups (broad SMARTS) is 1. The van der Waals surface area contributed by atoms with Gasteiger partial charge in [-0.15, -0.1) is 11.3 Å². The molecule has 0 spiro atoms. The van der Waals surface area contributed by atoms with E-state index in [4.69, 9.17) is 0 Å². The van der Waals surface area contributed by atoms with Gasteiger partial charge in [-0.3, -0.25) is 4.79 Å². The zero-order valence-electron chi connectivity index (χ0n) is 13.1. The normalized spacial score (nSPS) is 21.9. The van der Waals surface area contributed by atoms with E-state index in [0.717, 1.165) is 40.8 Å². The van der Waals surface area contributed by atoms with Crippen LogP contribution in [0.25, 0.3) is 0 Å². The molecule has 1 aromatic heterocycles. The van der Waals surface area contributed by atoms with Gasteiger partial charge in [0.1, 0.15) is 4.88 Å². The van der Waals surface area contributed by atoms with E-state index < -0.39 is 5.97 Å². The summed E-state index contributed by atoms with van der Waals surface area (Å²) in [5.74, 6) is -0.226. The van der Waals surface area contributed by atoms with Crippen LogP contribution in [0.4, 0.5) is 5.69 Å². The number of halogens is 1. The highest BCUT2D eigenvalue weighted by Gasteiger charge is 2.33. The Kier molecular flexibility index (Phi) is 5.66. The Balaban J connectivity index is 2.30. The van der Waals surface area contributed by atoms with Gasteiger partial charge in [0.05, 0.1) is 9.47 Å². The first-order valence-corrected chi connectivity index (χ1v) is 9.28. The maximum Gasteiger partial charge on any atom is 0.348 e. The van der Waals surface area contributed by atoms with Crippen molar-refractivity contribution >= 4 is 44.8 Å². The van der Waals surface area contributed by atoms with Crippen molar-refractivity contribution in [3.8, 4) is 0 Å². The van der Waals surface area contributed by atoms with Crippen LogP contribution in [0.15, 0.2) is 9.85 Å². The summed E-state index contributed by atoms with van der Waals surface area (Å²) in [6.07, 6.45) is 3.94. The van der Waals surface area contributed by atoms with Gasteiger partial charge in [0.2, 0.25) is 5.91 Å². The molecule has 2 rings (SSSR count). The summed E-state index contributed by atoms with van der Waals surface area (Å²) in [7, 11) is 0. The highest BCUT2D eigenvalue weighted by atomic mass is 79.9. The van der Waals surface area contributed by atoms with Crippen LogP contribution in [-0.4, -0.2) is 23.0 Å². The molecule has 0 aromatic carbocycles. The highest BCUT2D eigenvalue weighted by Crippen LogP contribution is 2.37. The SMILES string of the molecule is CC1CCC(C(=O)N(c2cc(Br)sc2C(=O)O)C(C)C)CC1. The average Bonchev–Trinajstić information content (AvgIpc) is 2.81. The summed E-state index contributed by atoms with van der Waals surface area (Å²) in [5.41, 5.74) is 0.517. The third kappa shape index (κ3) is 3.71. The summed E-state index contributed by atoms with van der Waals surface area (Å²) in [5, 5.41) is 9.39. The minimum Gasteiger partial charge on any atom is -0.477 e. The Hall–Kier alpha value is -0.880. The Labute approximate surface area is 143 Å². The number of aromatic carboxylic acids is 1. The van der Waals surface area contributed by atoms with Crippen molar-refractivity contribution in [1.29, 1.82) is 0 Å². The van der Waals surface area contributed by atoms with Gasteiger partial charge in [-0.05, 0) is 67.4 Å². The van der Waals surface area contributed by atoms with Crippen LogP contribution in [0.2, 0.25) is 0 Å². The summed E-state index contributed by atoms with van der Waals surface area (Å²) in [4.78, 5) is 26.3. The lowest BCUT2D eigenvalue weighted by Gasteiger charge is -2.33. The van der Waals surface area contributed by atoms with Crippen molar-refractivity contribution in [3.63, 3.8) is 0 Å². The minimum atomic E-state index is -0.985. The van der Waals surface area contributed by atoms with E-state index in [-0.39, 0.29) is 22.7 Å². The van der Waals surface area contributed by atoms with E-state index >= 15 is 0 Å². The molecule has 0 unspecified atom stereocenters. The molecule has 1 saturated carbocycles. The Morgan fingerprint density at radius 3 is 2.41 bits per heavy atom. The maximum atomic E-state index is 13.0. The number of rotatable bonds is 4. The number of hydrogen-bond donors (Lipinski definition) is 1. The standard InChI is InChI=1S/C16H22BrNO3S/c1-9(2)18(12-8-13(17)22-14(12)16(20)21)15(19)11-6-4-10(3)5-7-11/h8-11H,4-7H2,1-3H3,(H,20,21). The molecule has 6 heteroatoms. The predicted molar refractivity (Wildman–Crippen MR) is 92.7 cm³/mol. The number of anilines is 1. The monoisotopic (exact) mass is 387 g/mol. The largest absolute Gasteiger partial charge is 0.477 e. The second-order valence-corrected chi connectivity index (χ2v) is 8.76. The number of carbonyl (C=O) groups excluding carboxylic acids is 1. The highest BCUT2D eigenvalue weighted by molar-refractivity contribution is 9.11. The fourth-order valence-corrected chi connectivity index (χ4v) is 4.46. The first kappa shape index (κ1) is 17.5. The first-order chi connectivity index (χ1) is 10.3. The molecule has 1 amide bonds. The van der Waals surface area contributed by atoms with Crippen molar-refractivity contribution in [2.24, 2.45) is 11.8 Å². The average molecular weight is 388 g/mol. The fraction of sp³-hybridized carbons (Fsp3) is 0.625. The molecular weight excluding hydrogens is 366 g/mol. The summed E-state index contributed by atoms with van der Waals surface area (Å²) >= 11 is 4.49. The molecule has 1 aliphatic rings. The van der Waals surface area contributed by atoms with Crippen LogP contribution in [0, 0.1) is 11.8 Å². The Bertz CT molecular complexity index is 562. The van der Waals surface area contributed by atoms with E-state index in [9.17, 15) is 14.7 Å². The smallest absolute Gasteiger partial charge is 0.348 e. The van der Waals surface area contributed by atoms with Crippen LogP contribution >= 0.6 is 27.3 Å². The molecule has 1 heterocycles. The van der Waals surface area contributed by atoms with E-state index in [1.165, 1.54) is 0 Å². The molecular formula is C16H22BrNO3S. The van der Waals surface area contributed by atoms with Gasteiger partial charge in [-0.1, -0.05) is 6.92 Å². The van der Waals surface area contributed by atoms with Crippen LogP contribution in [0.1, 0.15) is 56.1 Å². The zero-order chi connectivity index (χ0) is 16.4. The summed E-state index contributed by atoms with van der Waals surface area (Å²) in [6.45, 7) is 6.08. The number of carbonyl (C=O) groups is 2. The van der Waals surface area contributed by atoms with E-state index in [2.05, 4.69) is 22.9 Å². The van der Waals surface area contributed by atoms with Gasteiger partial charge >= 0.3 is 5.97 Å². The van der Waals surface area contributed by atoms with Crippen LogP contribution in [0.3, 0.4) is 0 Å². The van der Waals surface area contributed by atoms with Crippen molar-refractivity contribution in [1.82, 2.24) is 0 Å². The molecule has 0 bridgehead atoms. The fourth-order valence-electron chi connectivity index (χ4n) is 3.04. The molecule has 0 aliphatic heterocycles. The van der Waals surface area contributed by atoms with Gasteiger partial charge in [-0.2, -0.15) is 0 Å². The zero-order valence-corrected chi connectivity index (χ0v) is 15.5. The lowest BCUT2D eigenvalue weighted by atomic mass is 9.82. The number of amides is 1. The quantitative estimate of drug-likeness (QED) is 0.808. The van der Waals surface area contributed by atoms with Gasteiger partial charge in [0, 0.05) is 12.0 Å². The van der Waals surface area contributed by atoms with Crippen molar-refractivity contribution in [3.05, 3.63) is 14.7 Å². The minimum absolute atomic E-state index is 0.0129. The number of hydrogen-bond acceptors (Lipinski definition) is 3. The first-order valence-electron chi connectivity index (χ1n) is 7.67. The van der Waals surface area contributed by atoms with Crippen molar-refractivity contribution in [2.75, 3.05) is 4.90 Å². The van der Waals surface area contributed by atoms with Gasteiger partial charge in [0.25, 0.3) is 0 Å². The number of thiophene rings is 1. The topological polar surface area (TPSA) is 57.6 Å². The summed E-state index contributed by atoms with van der Waals surface area (Å²) < 4.78 is 0.732. The Morgan fingerprint density at radius 1 is 1.32 bits per heavy atom. The van der Waals surface area contributed by atoms with Gasteiger partial charge < -0.3 is 10.0 Å². The third-order valence-electron chi connectivity index (χ3n) is 4.26. The van der Waals surface area contributed by atoms with Crippen LogP contribution in [-0.2, 0) is 4.79 Å². The van der Waals surface area contributed by atoms with Crippen molar-refractivity contribution < 1.29 is 14.7 Å². The van der Waals surface area contributed by atoms with E-state index in [1.54, 1.807) is 11.0 Å². The molecule has 4 nitrogen and oxygen atoms in total. The molecule has 1 aromatic rings. The second kappa shape index (κ2) is 7.13. The number of carboxylic acids is 1. The number of nitrogens with zero attached hydrogens (tertiary/aromatic N) is 1. The molecule has 1 N–H and O–H groups in total. The summed E-state index contributed by atoms with van der Waals surface area (Å²) in [6, 6.07) is 1.68. The molecule has 0 radical (unpaired) electrons. The molecule has 0 atom stereocenters.